The average molecular weight is 174 g/mol. The van der Waals surface area contributed by atoms with Gasteiger partial charge in [-0.3, -0.25) is 0 Å². The minimum atomic E-state index is 0.632. The lowest BCUT2D eigenvalue weighted by Crippen LogP contribution is -1.96. The first-order valence-electron chi connectivity index (χ1n) is 4.05. The number of aromatic amines is 1. The van der Waals surface area contributed by atoms with E-state index in [9.17, 15) is 0 Å². The van der Waals surface area contributed by atoms with Crippen LogP contribution in [0.15, 0.2) is 30.6 Å². The van der Waals surface area contributed by atoms with Crippen molar-refractivity contribution in [3.05, 3.63) is 30.6 Å². The highest BCUT2D eigenvalue weighted by molar-refractivity contribution is 5.55. The number of aromatic nitrogens is 3. The molecule has 2 aromatic heterocycles. The molecule has 0 saturated carbocycles. The summed E-state index contributed by atoms with van der Waals surface area (Å²) in [6.45, 7) is 0. The molecule has 13 heavy (non-hydrogen) atoms. The maximum Gasteiger partial charge on any atom is 0.222 e. The Balaban J connectivity index is 2.41. The van der Waals surface area contributed by atoms with Gasteiger partial charge in [0.2, 0.25) is 5.95 Å². The number of nitrogens with zero attached hydrogens (tertiary/aromatic N) is 2. The molecule has 0 radical (unpaired) electrons. The molecule has 2 aromatic rings. The zero-order valence-electron chi connectivity index (χ0n) is 7.28. The lowest BCUT2D eigenvalue weighted by Gasteiger charge is -1.99. The molecule has 0 unspecified atom stereocenters. The predicted octanol–water partition coefficient (Wildman–Crippen LogP) is 1.51. The summed E-state index contributed by atoms with van der Waals surface area (Å²) in [5.74, 6) is 0.632. The van der Waals surface area contributed by atoms with Gasteiger partial charge < -0.3 is 10.3 Å². The van der Waals surface area contributed by atoms with Gasteiger partial charge in [-0.05, 0) is 18.2 Å². The molecule has 2 N–H and O–H groups in total. The number of rotatable bonds is 2. The third-order valence-corrected chi connectivity index (χ3v) is 1.75. The summed E-state index contributed by atoms with van der Waals surface area (Å²) >= 11 is 0. The number of hydrogen-bond acceptors (Lipinski definition) is 3. The van der Waals surface area contributed by atoms with Crippen molar-refractivity contribution in [2.24, 2.45) is 0 Å². The highest BCUT2D eigenvalue weighted by Crippen LogP contribution is 2.14. The van der Waals surface area contributed by atoms with Gasteiger partial charge in [0.15, 0.2) is 0 Å². The monoisotopic (exact) mass is 174 g/mol. The van der Waals surface area contributed by atoms with Gasteiger partial charge in [0.25, 0.3) is 0 Å². The Hall–Kier alpha value is -1.84. The number of H-pyrrole nitrogens is 1. The molecule has 4 nitrogen and oxygen atoms in total. The van der Waals surface area contributed by atoms with Crippen LogP contribution in [0.25, 0.3) is 11.4 Å². The molecule has 4 heteroatoms. The summed E-state index contributed by atoms with van der Waals surface area (Å²) < 4.78 is 0. The van der Waals surface area contributed by atoms with Crippen molar-refractivity contribution < 1.29 is 0 Å². The van der Waals surface area contributed by atoms with Crippen LogP contribution >= 0.6 is 0 Å². The van der Waals surface area contributed by atoms with Crippen LogP contribution in [0.2, 0.25) is 0 Å². The quantitative estimate of drug-likeness (QED) is 0.725. The van der Waals surface area contributed by atoms with Crippen LogP contribution in [-0.4, -0.2) is 22.0 Å². The van der Waals surface area contributed by atoms with Crippen molar-refractivity contribution in [2.45, 2.75) is 0 Å². The molecule has 0 saturated heterocycles. The molecule has 0 spiro atoms. The third kappa shape index (κ3) is 1.51. The first-order chi connectivity index (χ1) is 6.40. The van der Waals surface area contributed by atoms with E-state index in [2.05, 4.69) is 20.3 Å². The van der Waals surface area contributed by atoms with Crippen molar-refractivity contribution in [3.63, 3.8) is 0 Å². The van der Waals surface area contributed by atoms with E-state index in [1.54, 1.807) is 13.2 Å². The maximum atomic E-state index is 4.28. The molecule has 0 aromatic carbocycles. The molecule has 0 aliphatic heterocycles. The van der Waals surface area contributed by atoms with Crippen molar-refractivity contribution in [1.29, 1.82) is 0 Å². The highest BCUT2D eigenvalue weighted by Gasteiger charge is 1.99. The molecule has 2 rings (SSSR count). The molecule has 0 aliphatic carbocycles. The molecule has 2 heterocycles. The summed E-state index contributed by atoms with van der Waals surface area (Å²) in [6, 6.07) is 5.78. The second kappa shape index (κ2) is 3.26. The second-order valence-corrected chi connectivity index (χ2v) is 2.60. The van der Waals surface area contributed by atoms with Gasteiger partial charge in [-0.15, -0.1) is 0 Å². The standard InChI is InChI=1S/C9H10N4/c1-10-9-12-6-4-8(13-9)7-3-2-5-11-7/h2-6,11H,1H3,(H,10,12,13). The average Bonchev–Trinajstić information content (AvgIpc) is 2.71. The van der Waals surface area contributed by atoms with Crippen LogP contribution in [0.3, 0.4) is 0 Å². The van der Waals surface area contributed by atoms with E-state index in [0.29, 0.717) is 5.95 Å². The summed E-state index contributed by atoms with van der Waals surface area (Å²) in [7, 11) is 1.80. The summed E-state index contributed by atoms with van der Waals surface area (Å²) in [5, 5.41) is 2.89. The number of hydrogen-bond donors (Lipinski definition) is 2. The van der Waals surface area contributed by atoms with Crippen molar-refractivity contribution >= 4 is 5.95 Å². The fourth-order valence-electron chi connectivity index (χ4n) is 1.12. The Morgan fingerprint density at radius 3 is 3.00 bits per heavy atom. The van der Waals surface area contributed by atoms with Crippen molar-refractivity contribution in [2.75, 3.05) is 12.4 Å². The van der Waals surface area contributed by atoms with Gasteiger partial charge in [-0.2, -0.15) is 0 Å². The van der Waals surface area contributed by atoms with Gasteiger partial charge in [-0.1, -0.05) is 0 Å². The molecule has 0 fully saturated rings. The van der Waals surface area contributed by atoms with Gasteiger partial charge in [0.05, 0.1) is 11.4 Å². The molecule has 0 aliphatic rings. The Morgan fingerprint density at radius 1 is 1.38 bits per heavy atom. The zero-order chi connectivity index (χ0) is 9.10. The van der Waals surface area contributed by atoms with Gasteiger partial charge >= 0.3 is 0 Å². The Morgan fingerprint density at radius 2 is 2.31 bits per heavy atom. The topological polar surface area (TPSA) is 53.6 Å². The van der Waals surface area contributed by atoms with E-state index in [-0.39, 0.29) is 0 Å². The van der Waals surface area contributed by atoms with E-state index in [1.165, 1.54) is 0 Å². The van der Waals surface area contributed by atoms with E-state index >= 15 is 0 Å². The van der Waals surface area contributed by atoms with Gasteiger partial charge in [-0.25, -0.2) is 9.97 Å². The minimum Gasteiger partial charge on any atom is -0.360 e. The molecular formula is C9H10N4. The Kier molecular flexibility index (Phi) is 1.96. The van der Waals surface area contributed by atoms with Crippen molar-refractivity contribution in [3.8, 4) is 11.4 Å². The zero-order valence-corrected chi connectivity index (χ0v) is 7.28. The first-order valence-corrected chi connectivity index (χ1v) is 4.05. The van der Waals surface area contributed by atoms with Gasteiger partial charge in [0.1, 0.15) is 0 Å². The Bertz CT molecular complexity index is 380. The summed E-state index contributed by atoms with van der Waals surface area (Å²) in [6.07, 6.45) is 3.60. The lowest BCUT2D eigenvalue weighted by atomic mass is 10.3. The molecule has 0 atom stereocenters. The number of nitrogens with one attached hydrogen (secondary N) is 2. The number of anilines is 1. The second-order valence-electron chi connectivity index (χ2n) is 2.60. The van der Waals surface area contributed by atoms with Crippen LogP contribution in [0.4, 0.5) is 5.95 Å². The molecule has 0 bridgehead atoms. The first kappa shape index (κ1) is 7.79. The maximum absolute atomic E-state index is 4.28. The largest absolute Gasteiger partial charge is 0.360 e. The highest BCUT2D eigenvalue weighted by atomic mass is 15.1. The minimum absolute atomic E-state index is 0.632. The van der Waals surface area contributed by atoms with E-state index in [0.717, 1.165) is 11.4 Å². The molecule has 66 valence electrons. The predicted molar refractivity (Wildman–Crippen MR) is 51.4 cm³/mol. The van der Waals surface area contributed by atoms with E-state index in [1.807, 2.05) is 24.4 Å². The lowest BCUT2D eigenvalue weighted by molar-refractivity contribution is 1.14. The smallest absolute Gasteiger partial charge is 0.222 e. The normalized spacial score (nSPS) is 9.92. The summed E-state index contributed by atoms with van der Waals surface area (Å²) in [4.78, 5) is 11.4. The van der Waals surface area contributed by atoms with E-state index in [4.69, 9.17) is 0 Å². The Labute approximate surface area is 76.1 Å². The van der Waals surface area contributed by atoms with Crippen LogP contribution in [0.1, 0.15) is 0 Å². The third-order valence-electron chi connectivity index (χ3n) is 1.75. The molecular weight excluding hydrogens is 164 g/mol. The van der Waals surface area contributed by atoms with Crippen LogP contribution in [0, 0.1) is 0 Å². The molecule has 0 amide bonds. The van der Waals surface area contributed by atoms with Crippen LogP contribution < -0.4 is 5.32 Å². The van der Waals surface area contributed by atoms with Gasteiger partial charge in [0, 0.05) is 19.4 Å². The van der Waals surface area contributed by atoms with E-state index < -0.39 is 0 Å². The van der Waals surface area contributed by atoms with Crippen LogP contribution in [0.5, 0.6) is 0 Å². The summed E-state index contributed by atoms with van der Waals surface area (Å²) in [5.41, 5.74) is 1.89. The fourth-order valence-corrected chi connectivity index (χ4v) is 1.12. The SMILES string of the molecule is CNc1nccc(-c2ccc[nH]2)n1. The van der Waals surface area contributed by atoms with Crippen molar-refractivity contribution in [1.82, 2.24) is 15.0 Å². The van der Waals surface area contributed by atoms with Crippen LogP contribution in [-0.2, 0) is 0 Å². The fraction of sp³-hybridized carbons (Fsp3) is 0.111.